The van der Waals surface area contributed by atoms with Crippen LogP contribution >= 0.6 is 0 Å². The Morgan fingerprint density at radius 2 is 0.976 bits per heavy atom. The van der Waals surface area contributed by atoms with Crippen molar-refractivity contribution in [3.05, 3.63) is 101 Å². The smallest absolute Gasteiger partial charge is 0.270 e. The summed E-state index contributed by atoms with van der Waals surface area (Å²) >= 11 is 0. The lowest BCUT2D eigenvalue weighted by atomic mass is 10.0. The number of aromatic nitrogens is 1. The Kier molecular flexibility index (Phi) is 11.6. The highest BCUT2D eigenvalue weighted by Crippen LogP contribution is 2.08. The topological polar surface area (TPSA) is 154 Å². The molecule has 2 atom stereocenters. The Labute approximate surface area is 244 Å². The first-order chi connectivity index (χ1) is 20.2. The molecule has 4 amide bonds. The van der Waals surface area contributed by atoms with Gasteiger partial charge < -0.3 is 10.6 Å². The quantitative estimate of drug-likeness (QED) is 0.195. The molecule has 218 valence electrons. The second-order valence-electron chi connectivity index (χ2n) is 10.1. The van der Waals surface area contributed by atoms with Crippen LogP contribution < -0.4 is 21.5 Å². The van der Waals surface area contributed by atoms with Crippen LogP contribution in [0.1, 0.15) is 59.8 Å². The van der Waals surface area contributed by atoms with Crippen molar-refractivity contribution in [1.82, 2.24) is 26.5 Å². The molecule has 0 spiro atoms. The van der Waals surface area contributed by atoms with Crippen LogP contribution in [0.15, 0.2) is 89.1 Å². The summed E-state index contributed by atoms with van der Waals surface area (Å²) in [7, 11) is 0. The number of carbonyl (C=O) groups excluding carboxylic acids is 4. The number of rotatable bonds is 12. The van der Waals surface area contributed by atoms with Crippen LogP contribution in [0.5, 0.6) is 0 Å². The summed E-state index contributed by atoms with van der Waals surface area (Å²) < 4.78 is 0. The van der Waals surface area contributed by atoms with Crippen LogP contribution in [0.4, 0.5) is 0 Å². The SMILES string of the molecule is CC(C)[C@H](NC(=O)c1cccc(C(=O)N[C@H](C(=O)N/N=C/c2ccccc2)C(C)C)n1)C(=O)N/N=C/c1ccccc1. The third-order valence-electron chi connectivity index (χ3n) is 6.06. The number of nitrogens with one attached hydrogen (secondary N) is 4. The lowest BCUT2D eigenvalue weighted by molar-refractivity contribution is -0.124. The van der Waals surface area contributed by atoms with E-state index in [1.165, 1.54) is 30.6 Å². The zero-order valence-corrected chi connectivity index (χ0v) is 23.9. The van der Waals surface area contributed by atoms with Gasteiger partial charge in [0.15, 0.2) is 0 Å². The van der Waals surface area contributed by atoms with Gasteiger partial charge in [-0.25, -0.2) is 15.8 Å². The van der Waals surface area contributed by atoms with Crippen molar-refractivity contribution in [3.63, 3.8) is 0 Å². The van der Waals surface area contributed by atoms with E-state index in [2.05, 4.69) is 36.7 Å². The third-order valence-corrected chi connectivity index (χ3v) is 6.06. The van der Waals surface area contributed by atoms with Gasteiger partial charge in [-0.15, -0.1) is 0 Å². The van der Waals surface area contributed by atoms with Gasteiger partial charge in [-0.1, -0.05) is 94.4 Å². The van der Waals surface area contributed by atoms with E-state index in [9.17, 15) is 19.2 Å². The summed E-state index contributed by atoms with van der Waals surface area (Å²) in [4.78, 5) is 55.7. The molecule has 1 heterocycles. The van der Waals surface area contributed by atoms with E-state index in [1.807, 2.05) is 60.7 Å². The maximum Gasteiger partial charge on any atom is 0.270 e. The van der Waals surface area contributed by atoms with Crippen LogP contribution in [0, 0.1) is 11.8 Å². The first kappa shape index (κ1) is 31.3. The molecule has 0 saturated heterocycles. The standard InChI is InChI=1S/C31H35N7O4/c1-20(2)26(30(41)37-32-18-22-12-7-5-8-13-22)35-28(39)24-16-11-17-25(34-24)29(40)36-27(21(3)4)31(42)38-33-19-23-14-9-6-10-15-23/h5-21,26-27H,1-4H3,(H,35,39)(H,36,40)(H,37,41)(H,38,42)/b32-18+,33-19+/t26-,27-/m0/s1. The summed E-state index contributed by atoms with van der Waals surface area (Å²) in [5, 5.41) is 13.3. The predicted octanol–water partition coefficient (Wildman–Crippen LogP) is 2.89. The van der Waals surface area contributed by atoms with Crippen molar-refractivity contribution < 1.29 is 19.2 Å². The van der Waals surface area contributed by atoms with E-state index in [0.717, 1.165) is 11.1 Å². The molecule has 11 heteroatoms. The predicted molar refractivity (Wildman–Crippen MR) is 161 cm³/mol. The fraction of sp³-hybridized carbons (Fsp3) is 0.258. The van der Waals surface area contributed by atoms with E-state index >= 15 is 0 Å². The molecule has 4 N–H and O–H groups in total. The lowest BCUT2D eigenvalue weighted by Crippen LogP contribution is -2.49. The molecule has 0 aliphatic rings. The molecule has 2 aromatic carbocycles. The molecule has 1 aromatic heterocycles. The Balaban J connectivity index is 1.63. The van der Waals surface area contributed by atoms with Gasteiger partial charge in [0.05, 0.1) is 12.4 Å². The van der Waals surface area contributed by atoms with Crippen LogP contribution in [-0.2, 0) is 9.59 Å². The highest BCUT2D eigenvalue weighted by Gasteiger charge is 2.27. The monoisotopic (exact) mass is 569 g/mol. The minimum absolute atomic E-state index is 0.0631. The Morgan fingerprint density at radius 1 is 0.595 bits per heavy atom. The Bertz CT molecular complexity index is 1320. The molecule has 0 radical (unpaired) electrons. The van der Waals surface area contributed by atoms with Gasteiger partial charge in [-0.05, 0) is 35.1 Å². The first-order valence-electron chi connectivity index (χ1n) is 13.5. The minimum Gasteiger partial charge on any atom is -0.339 e. The van der Waals surface area contributed by atoms with E-state index in [-0.39, 0.29) is 23.2 Å². The maximum atomic E-state index is 13.0. The van der Waals surface area contributed by atoms with Gasteiger partial charge in [0, 0.05) is 0 Å². The summed E-state index contributed by atoms with van der Waals surface area (Å²) in [6, 6.07) is 21.0. The largest absolute Gasteiger partial charge is 0.339 e. The molecule has 0 aliphatic heterocycles. The Hall–Kier alpha value is -5.19. The zero-order chi connectivity index (χ0) is 30.5. The van der Waals surface area contributed by atoms with E-state index in [0.29, 0.717) is 0 Å². The third kappa shape index (κ3) is 9.47. The first-order valence-corrected chi connectivity index (χ1v) is 13.5. The molecule has 0 bridgehead atoms. The van der Waals surface area contributed by atoms with Gasteiger partial charge in [0.25, 0.3) is 23.6 Å². The van der Waals surface area contributed by atoms with Crippen molar-refractivity contribution in [3.8, 4) is 0 Å². The lowest BCUT2D eigenvalue weighted by Gasteiger charge is -2.21. The van der Waals surface area contributed by atoms with Crippen LogP contribution in [0.25, 0.3) is 0 Å². The zero-order valence-electron chi connectivity index (χ0n) is 23.9. The fourth-order valence-corrected chi connectivity index (χ4v) is 3.75. The second-order valence-corrected chi connectivity index (χ2v) is 10.1. The van der Waals surface area contributed by atoms with Crippen LogP contribution in [0.3, 0.4) is 0 Å². The molecule has 0 fully saturated rings. The highest BCUT2D eigenvalue weighted by atomic mass is 16.2. The number of pyridine rings is 1. The summed E-state index contributed by atoms with van der Waals surface area (Å²) in [5.41, 5.74) is 6.38. The summed E-state index contributed by atoms with van der Waals surface area (Å²) in [6.07, 6.45) is 3.00. The molecular formula is C31H35N7O4. The fourth-order valence-electron chi connectivity index (χ4n) is 3.75. The molecule has 11 nitrogen and oxygen atoms in total. The molecule has 0 unspecified atom stereocenters. The van der Waals surface area contributed by atoms with Gasteiger partial charge >= 0.3 is 0 Å². The Morgan fingerprint density at radius 3 is 1.33 bits per heavy atom. The van der Waals surface area contributed by atoms with Crippen molar-refractivity contribution in [2.24, 2.45) is 22.0 Å². The van der Waals surface area contributed by atoms with Gasteiger partial charge in [-0.2, -0.15) is 10.2 Å². The number of carbonyl (C=O) groups is 4. The van der Waals surface area contributed by atoms with Crippen molar-refractivity contribution in [2.45, 2.75) is 39.8 Å². The average Bonchev–Trinajstić information content (AvgIpc) is 2.99. The number of nitrogens with zero attached hydrogens (tertiary/aromatic N) is 3. The molecule has 3 rings (SSSR count). The van der Waals surface area contributed by atoms with Gasteiger partial charge in [-0.3, -0.25) is 19.2 Å². The molecule has 3 aromatic rings. The minimum atomic E-state index is -0.907. The average molecular weight is 570 g/mol. The number of hydrazone groups is 2. The van der Waals surface area contributed by atoms with Crippen molar-refractivity contribution >= 4 is 36.1 Å². The maximum absolute atomic E-state index is 13.0. The van der Waals surface area contributed by atoms with Gasteiger partial charge in [0.2, 0.25) is 0 Å². The number of hydrogen-bond acceptors (Lipinski definition) is 7. The van der Waals surface area contributed by atoms with Gasteiger partial charge in [0.1, 0.15) is 23.5 Å². The van der Waals surface area contributed by atoms with Crippen molar-refractivity contribution in [2.75, 3.05) is 0 Å². The van der Waals surface area contributed by atoms with E-state index in [1.54, 1.807) is 27.7 Å². The molecule has 0 saturated carbocycles. The number of hydrogen-bond donors (Lipinski definition) is 4. The van der Waals surface area contributed by atoms with Crippen LogP contribution in [0.2, 0.25) is 0 Å². The summed E-state index contributed by atoms with van der Waals surface area (Å²) in [6.45, 7) is 7.13. The highest BCUT2D eigenvalue weighted by molar-refractivity contribution is 5.99. The van der Waals surface area contributed by atoms with E-state index in [4.69, 9.17) is 0 Å². The summed E-state index contributed by atoms with van der Waals surface area (Å²) in [5.74, 6) is -2.80. The van der Waals surface area contributed by atoms with Crippen molar-refractivity contribution in [1.29, 1.82) is 0 Å². The normalized spacial score (nSPS) is 12.7. The molecule has 42 heavy (non-hydrogen) atoms. The van der Waals surface area contributed by atoms with Crippen LogP contribution in [-0.4, -0.2) is 53.1 Å². The van der Waals surface area contributed by atoms with E-state index < -0.39 is 35.7 Å². The number of amides is 4. The number of benzene rings is 2. The molecular weight excluding hydrogens is 534 g/mol. The second kappa shape index (κ2) is 15.6. The molecule has 0 aliphatic carbocycles.